The third-order valence-electron chi connectivity index (χ3n) is 26.6. The van der Waals surface area contributed by atoms with Crippen molar-refractivity contribution in [1.29, 1.82) is 0 Å². The lowest BCUT2D eigenvalue weighted by Crippen LogP contribution is -2.61. The molecule has 0 saturated carbocycles. The molecule has 0 fully saturated rings. The van der Waals surface area contributed by atoms with Crippen LogP contribution >= 0.6 is 0 Å². The Hall–Kier alpha value is -10.9. The van der Waals surface area contributed by atoms with Crippen molar-refractivity contribution >= 4 is 101 Å². The Morgan fingerprint density at radius 3 is 0.759 bits per heavy atom. The first-order chi connectivity index (χ1) is 64.9. The van der Waals surface area contributed by atoms with Crippen LogP contribution in [0, 0.1) is 32.5 Å². The second kappa shape index (κ2) is 33.0. The lowest BCUT2D eigenvalue weighted by molar-refractivity contribution is 0.411. The number of benzene rings is 13. The van der Waals surface area contributed by atoms with E-state index in [0.29, 0.717) is 22.3 Å². The molecule has 4 heterocycles. The van der Waals surface area contributed by atoms with Crippen LogP contribution < -0.4 is 26.2 Å². The van der Waals surface area contributed by atoms with Crippen LogP contribution in [0.2, 0.25) is 0 Å². The fourth-order valence-electron chi connectivity index (χ4n) is 20.5. The fourth-order valence-corrected chi connectivity index (χ4v) is 20.5. The summed E-state index contributed by atoms with van der Waals surface area (Å²) in [5.74, 6) is 0. The predicted octanol–water partition coefficient (Wildman–Crippen LogP) is 34.7. The normalized spacial score (nSPS) is 15.2. The smallest absolute Gasteiger partial charge is 0.252 e. The number of hydrogen-bond donors (Lipinski definition) is 0. The van der Waals surface area contributed by atoms with Gasteiger partial charge in [0.05, 0.1) is 33.4 Å². The second-order valence-corrected chi connectivity index (χ2v) is 50.7. The number of anilines is 6. The van der Waals surface area contributed by atoms with E-state index in [1.807, 2.05) is 132 Å². The van der Waals surface area contributed by atoms with Crippen molar-refractivity contribution in [1.82, 2.24) is 9.13 Å². The van der Waals surface area contributed by atoms with Gasteiger partial charge in [-0.25, -0.2) is 0 Å². The minimum absolute atomic E-state index is 0.150. The van der Waals surface area contributed by atoms with Gasteiger partial charge in [-0.1, -0.05) is 362 Å². The molecule has 0 radical (unpaired) electrons. The van der Waals surface area contributed by atoms with Crippen LogP contribution in [0.3, 0.4) is 0 Å². The van der Waals surface area contributed by atoms with Gasteiger partial charge in [-0.05, 0) is 318 Å². The molecule has 0 atom stereocenters. The summed E-state index contributed by atoms with van der Waals surface area (Å²) in [5.41, 5.74) is 29.5. The van der Waals surface area contributed by atoms with E-state index in [1.54, 1.807) is 0 Å². The monoisotopic (exact) mass is 1760 g/mol. The highest BCUT2D eigenvalue weighted by atomic mass is 15.2. The number of hydrogen-bond acceptors (Lipinski definition) is 2. The highest BCUT2D eigenvalue weighted by Crippen LogP contribution is 2.55. The number of nitrogens with zero attached hydrogens (tertiary/aromatic N) is 4. The van der Waals surface area contributed by atoms with Crippen molar-refractivity contribution in [3.63, 3.8) is 0 Å². The summed E-state index contributed by atoms with van der Waals surface area (Å²) in [6.45, 7) is 72.2. The number of rotatable bonds is 14. The Morgan fingerprint density at radius 2 is 0.504 bits per heavy atom. The van der Waals surface area contributed by atoms with Crippen molar-refractivity contribution in [2.75, 3.05) is 9.80 Å². The van der Waals surface area contributed by atoms with E-state index in [0.717, 1.165) is 168 Å². The summed E-state index contributed by atoms with van der Waals surface area (Å²) < 4.78 is 84.1. The SMILES string of the molecule is [2H]C([2H])(c1ccc2c(c1)c1cc(C([2H])([2H])C(C)(C)C)ccc1n2-c1ccc2c(c1)N(c1cc(-c3cccc(C(C)(C)C)c3)c(CC(C)(C)C)cc1-c1cccc(C(C)(C)C)c1)c1cc(C(C)(C)C)cc3c1B2c1ccc(-n2c4ccc(C([2H])([2H])C(C)(C)C)cc4c4cc(C([2H])([2H])C(C)(C)C)ccc42)cc1N3c1cc(-c2cccc(C(C)(C)C)c2)c(CC(C)(C)C)cc1-c1cccc(C(C)(C)C)c1)C(C)(C)C. The van der Waals surface area contributed by atoms with E-state index >= 15 is 0 Å². The molecule has 2 aliphatic heterocycles. The fraction of sp³-hybridized carbons (Fsp3) is 0.391. The second-order valence-electron chi connectivity index (χ2n) is 50.7. The molecule has 0 amide bonds. The first-order valence-electron chi connectivity index (χ1n) is 52.9. The Balaban J connectivity index is 1.10. The molecule has 0 saturated heterocycles. The van der Waals surface area contributed by atoms with Gasteiger partial charge in [-0.3, -0.25) is 0 Å². The Labute approximate surface area is 811 Å². The van der Waals surface area contributed by atoms with Crippen LogP contribution in [0.5, 0.6) is 0 Å². The molecule has 686 valence electrons. The Kier molecular flexibility index (Phi) is 20.8. The van der Waals surface area contributed by atoms with Crippen LogP contribution in [-0.2, 0) is 65.4 Å². The Morgan fingerprint density at radius 1 is 0.233 bits per heavy atom. The minimum atomic E-state index is -1.76. The van der Waals surface area contributed by atoms with Gasteiger partial charge in [0.25, 0.3) is 6.71 Å². The van der Waals surface area contributed by atoms with Crippen molar-refractivity contribution in [2.24, 2.45) is 32.5 Å². The molecular formula is C128H151BN4. The van der Waals surface area contributed by atoms with E-state index in [-0.39, 0.29) is 32.5 Å². The summed E-state index contributed by atoms with van der Waals surface area (Å²) in [6.07, 6.45) is -5.47. The van der Waals surface area contributed by atoms with E-state index in [1.165, 1.54) is 33.4 Å². The molecule has 2 aliphatic rings. The molecule has 15 aromatic rings. The molecule has 4 nitrogen and oxygen atoms in total. The lowest BCUT2D eigenvalue weighted by atomic mass is 9.33. The minimum Gasteiger partial charge on any atom is -0.311 e. The maximum Gasteiger partial charge on any atom is 0.252 e. The van der Waals surface area contributed by atoms with Gasteiger partial charge in [0, 0.05) is 77.8 Å². The van der Waals surface area contributed by atoms with Gasteiger partial charge < -0.3 is 18.9 Å². The van der Waals surface area contributed by atoms with Gasteiger partial charge in [0.2, 0.25) is 0 Å². The molecule has 0 aliphatic carbocycles. The molecule has 17 rings (SSSR count). The third kappa shape index (κ3) is 19.2. The van der Waals surface area contributed by atoms with E-state index in [4.69, 9.17) is 0 Å². The average Bonchev–Trinajstić information content (AvgIpc) is 0.920. The molecule has 0 N–H and O–H groups in total. The van der Waals surface area contributed by atoms with Gasteiger partial charge in [0.15, 0.2) is 0 Å². The molecular weight excluding hydrogens is 1600 g/mol. The summed E-state index contributed by atoms with van der Waals surface area (Å²) in [7, 11) is 0. The molecule has 5 heteroatoms. The molecule has 13 aromatic carbocycles. The van der Waals surface area contributed by atoms with E-state index in [9.17, 15) is 11.0 Å². The number of fused-ring (bicyclic) bond motifs is 10. The summed E-state index contributed by atoms with van der Waals surface area (Å²) in [6, 6.07) is 91.4. The Bertz CT molecular complexity index is 6910. The topological polar surface area (TPSA) is 16.3 Å². The zero-order chi connectivity index (χ0) is 103. The highest BCUT2D eigenvalue weighted by Gasteiger charge is 2.47. The van der Waals surface area contributed by atoms with E-state index in [2.05, 4.69) is 358 Å². The van der Waals surface area contributed by atoms with Gasteiger partial charge in [-0.2, -0.15) is 0 Å². The quantitative estimate of drug-likeness (QED) is 0.101. The van der Waals surface area contributed by atoms with Crippen molar-refractivity contribution in [2.45, 2.75) is 294 Å². The zero-order valence-corrected chi connectivity index (χ0v) is 86.4. The summed E-state index contributed by atoms with van der Waals surface area (Å²) in [5, 5.41) is 3.33. The van der Waals surface area contributed by atoms with Gasteiger partial charge in [0.1, 0.15) is 0 Å². The van der Waals surface area contributed by atoms with Crippen LogP contribution in [-0.4, -0.2) is 15.8 Å². The largest absolute Gasteiger partial charge is 0.311 e. The average molecular weight is 1760 g/mol. The summed E-state index contributed by atoms with van der Waals surface area (Å²) in [4.78, 5) is 5.35. The molecule has 0 bridgehead atoms. The predicted molar refractivity (Wildman–Crippen MR) is 583 cm³/mol. The van der Waals surface area contributed by atoms with Crippen molar-refractivity contribution in [3.8, 4) is 55.9 Å². The maximum atomic E-state index is 9.92. The zero-order valence-electron chi connectivity index (χ0n) is 94.4. The molecule has 0 spiro atoms. The third-order valence-corrected chi connectivity index (χ3v) is 26.6. The molecule has 0 unspecified atom stereocenters. The highest BCUT2D eigenvalue weighted by molar-refractivity contribution is 7.00. The van der Waals surface area contributed by atoms with Crippen LogP contribution in [0.1, 0.15) is 301 Å². The first-order valence-corrected chi connectivity index (χ1v) is 48.9. The summed E-state index contributed by atoms with van der Waals surface area (Å²) >= 11 is 0. The van der Waals surface area contributed by atoms with Crippen molar-refractivity contribution in [3.05, 3.63) is 304 Å². The number of aromatic nitrogens is 2. The molecule has 133 heavy (non-hydrogen) atoms. The van der Waals surface area contributed by atoms with Crippen LogP contribution in [0.4, 0.5) is 34.1 Å². The maximum absolute atomic E-state index is 9.92. The van der Waals surface area contributed by atoms with Gasteiger partial charge in [-0.15, -0.1) is 0 Å². The molecule has 2 aromatic heterocycles. The lowest BCUT2D eigenvalue weighted by Gasteiger charge is -2.46. The van der Waals surface area contributed by atoms with Crippen LogP contribution in [0.25, 0.3) is 99.5 Å². The standard InChI is InChI=1S/C128H151BN4/c1-118(2,3)74-80-46-54-107-101(58-80)102-59-81(75-119(4,5)6)47-55-108(102)130(107)95-50-52-105-113(70-95)132(111-72-97(84-38-34-42-90(62-84)124(19,20)21)88(78-122(13,14)15)66-99(111)86-40-36-44-92(64-86)126(25,26)27)115-68-94(128(31,32)33)69-116-117(115)129(105)106-53-51-96(131-109-56-48-82(76-120(7,8)9)60-103(109)104-61-83(49-57-110(104)131)77-121(10,11)12)71-114(106)133(116)112-73-98(85-39-35-43-91(63-85)125(22,23)24)89(79-123(16,17)18)67-100(112)87-41-37-45-93(65-87)127(28,29)30/h34-73H,74-79H2,1-33H3/i74D2,75D2,76D2,77D2. The van der Waals surface area contributed by atoms with Crippen molar-refractivity contribution < 1.29 is 11.0 Å². The first kappa shape index (κ1) is 83.9. The van der Waals surface area contributed by atoms with E-state index < -0.39 is 59.3 Å². The van der Waals surface area contributed by atoms with Gasteiger partial charge >= 0.3 is 0 Å². The van der Waals surface area contributed by atoms with Crippen LogP contribution in [0.15, 0.2) is 243 Å².